The van der Waals surface area contributed by atoms with Crippen molar-refractivity contribution in [3.63, 3.8) is 0 Å². The molecule has 2 aromatic carbocycles. The number of benzene rings is 2. The van der Waals surface area contributed by atoms with Crippen LogP contribution in [-0.2, 0) is 13.1 Å². The highest BCUT2D eigenvalue weighted by Crippen LogP contribution is 2.18. The lowest BCUT2D eigenvalue weighted by Gasteiger charge is -2.05. The summed E-state index contributed by atoms with van der Waals surface area (Å²) >= 11 is 3.31. The topological polar surface area (TPSA) is 51.9 Å². The monoisotopic (exact) mass is 390 g/mol. The van der Waals surface area contributed by atoms with Gasteiger partial charge in [-0.25, -0.2) is 18.4 Å². The number of nitrogens with one attached hydrogen (secondary N) is 1. The number of aromatic nitrogens is 3. The van der Waals surface area contributed by atoms with Crippen LogP contribution in [0, 0.1) is 5.82 Å². The van der Waals surface area contributed by atoms with E-state index >= 15 is 0 Å². The lowest BCUT2D eigenvalue weighted by atomic mass is 10.2. The van der Waals surface area contributed by atoms with Crippen molar-refractivity contribution in [2.24, 2.45) is 0 Å². The Kier molecular flexibility index (Phi) is 4.92. The third-order valence-corrected chi connectivity index (χ3v) is 4.40. The minimum absolute atomic E-state index is 0.243. The number of rotatable bonds is 5. The molecule has 0 spiro atoms. The standard InChI is InChI=1S/C17H16BrFN4O/c1-20-9-12-2-6-15(7-3-12)22-11-21-23(17(22)24)10-13-4-5-14(19)8-16(13)18/h2-8,11,20H,9-10H2,1H3. The normalized spacial score (nSPS) is 11.0. The Morgan fingerprint density at radius 1 is 1.21 bits per heavy atom. The SMILES string of the molecule is CNCc1ccc(-n2cnn(Cc3ccc(F)cc3Br)c2=O)cc1. The van der Waals surface area contributed by atoms with E-state index in [-0.39, 0.29) is 18.1 Å². The van der Waals surface area contributed by atoms with Crippen LogP contribution in [0.25, 0.3) is 5.69 Å². The Balaban J connectivity index is 1.87. The van der Waals surface area contributed by atoms with Crippen molar-refractivity contribution in [1.29, 1.82) is 0 Å². The van der Waals surface area contributed by atoms with E-state index in [4.69, 9.17) is 0 Å². The van der Waals surface area contributed by atoms with Gasteiger partial charge in [0.15, 0.2) is 0 Å². The van der Waals surface area contributed by atoms with Gasteiger partial charge in [-0.05, 0) is 42.4 Å². The predicted octanol–water partition coefficient (Wildman–Crippen LogP) is 2.70. The first-order chi connectivity index (χ1) is 11.6. The van der Waals surface area contributed by atoms with Crippen LogP contribution in [0.5, 0.6) is 0 Å². The molecule has 0 amide bonds. The van der Waals surface area contributed by atoms with Crippen molar-refractivity contribution in [1.82, 2.24) is 19.7 Å². The van der Waals surface area contributed by atoms with Crippen LogP contribution in [-0.4, -0.2) is 21.4 Å². The molecule has 0 radical (unpaired) electrons. The highest BCUT2D eigenvalue weighted by atomic mass is 79.9. The van der Waals surface area contributed by atoms with E-state index in [1.165, 1.54) is 27.7 Å². The third kappa shape index (κ3) is 3.47. The smallest absolute Gasteiger partial charge is 0.316 e. The summed E-state index contributed by atoms with van der Waals surface area (Å²) in [6, 6.07) is 12.1. The summed E-state index contributed by atoms with van der Waals surface area (Å²) in [5.74, 6) is -0.329. The Hall–Kier alpha value is -2.25. The Morgan fingerprint density at radius 2 is 1.96 bits per heavy atom. The van der Waals surface area contributed by atoms with Gasteiger partial charge in [-0.1, -0.05) is 34.1 Å². The molecule has 7 heteroatoms. The lowest BCUT2D eigenvalue weighted by Crippen LogP contribution is -2.24. The van der Waals surface area contributed by atoms with Gasteiger partial charge in [0.25, 0.3) is 0 Å². The zero-order chi connectivity index (χ0) is 17.1. The average molecular weight is 391 g/mol. The molecule has 0 bridgehead atoms. The lowest BCUT2D eigenvalue weighted by molar-refractivity contribution is 0.620. The maximum absolute atomic E-state index is 13.2. The fourth-order valence-corrected chi connectivity index (χ4v) is 2.89. The van der Waals surface area contributed by atoms with Gasteiger partial charge in [0.1, 0.15) is 12.1 Å². The van der Waals surface area contributed by atoms with E-state index in [0.29, 0.717) is 4.47 Å². The van der Waals surface area contributed by atoms with Crippen molar-refractivity contribution in [2.75, 3.05) is 7.05 Å². The minimum Gasteiger partial charge on any atom is -0.316 e. The maximum atomic E-state index is 13.2. The minimum atomic E-state index is -0.329. The first kappa shape index (κ1) is 16.6. The van der Waals surface area contributed by atoms with Crippen molar-refractivity contribution in [2.45, 2.75) is 13.1 Å². The van der Waals surface area contributed by atoms with Crippen LogP contribution < -0.4 is 11.0 Å². The molecule has 3 aromatic rings. The Bertz CT molecular complexity index is 902. The maximum Gasteiger partial charge on any atom is 0.350 e. The van der Waals surface area contributed by atoms with Gasteiger partial charge in [-0.3, -0.25) is 0 Å². The molecule has 0 saturated heterocycles. The first-order valence-corrected chi connectivity index (χ1v) is 8.20. The zero-order valence-electron chi connectivity index (χ0n) is 13.0. The molecule has 3 rings (SSSR count). The molecule has 0 atom stereocenters. The molecular weight excluding hydrogens is 375 g/mol. The van der Waals surface area contributed by atoms with Gasteiger partial charge < -0.3 is 5.32 Å². The summed E-state index contributed by atoms with van der Waals surface area (Å²) in [6.07, 6.45) is 1.49. The number of nitrogens with zero attached hydrogens (tertiary/aromatic N) is 3. The second-order valence-corrected chi connectivity index (χ2v) is 6.23. The van der Waals surface area contributed by atoms with Crippen LogP contribution in [0.1, 0.15) is 11.1 Å². The van der Waals surface area contributed by atoms with Crippen molar-refractivity contribution < 1.29 is 4.39 Å². The predicted molar refractivity (Wildman–Crippen MR) is 93.8 cm³/mol. The van der Waals surface area contributed by atoms with Gasteiger partial charge in [-0.2, -0.15) is 5.10 Å². The van der Waals surface area contributed by atoms with Crippen molar-refractivity contribution in [3.05, 3.63) is 80.7 Å². The Morgan fingerprint density at radius 3 is 2.62 bits per heavy atom. The van der Waals surface area contributed by atoms with Crippen LogP contribution >= 0.6 is 15.9 Å². The molecular formula is C17H16BrFN4O. The molecule has 1 heterocycles. The summed E-state index contributed by atoms with van der Waals surface area (Å²) < 4.78 is 16.6. The second kappa shape index (κ2) is 7.11. The highest BCUT2D eigenvalue weighted by molar-refractivity contribution is 9.10. The quantitative estimate of drug-likeness (QED) is 0.728. The van der Waals surface area contributed by atoms with Crippen LogP contribution in [0.2, 0.25) is 0 Å². The molecule has 5 nitrogen and oxygen atoms in total. The molecule has 124 valence electrons. The largest absolute Gasteiger partial charge is 0.350 e. The van der Waals surface area contributed by atoms with Gasteiger partial charge in [0.05, 0.1) is 12.2 Å². The van der Waals surface area contributed by atoms with Gasteiger partial charge >= 0.3 is 5.69 Å². The number of hydrogen-bond acceptors (Lipinski definition) is 3. The van der Waals surface area contributed by atoms with Gasteiger partial charge in [0.2, 0.25) is 0 Å². The molecule has 0 aliphatic heterocycles. The van der Waals surface area contributed by atoms with Gasteiger partial charge in [-0.15, -0.1) is 0 Å². The van der Waals surface area contributed by atoms with E-state index in [9.17, 15) is 9.18 Å². The number of halogens is 2. The molecule has 0 aliphatic carbocycles. The summed E-state index contributed by atoms with van der Waals surface area (Å²) in [6.45, 7) is 1.04. The summed E-state index contributed by atoms with van der Waals surface area (Å²) in [7, 11) is 1.88. The fourth-order valence-electron chi connectivity index (χ4n) is 2.41. The first-order valence-electron chi connectivity index (χ1n) is 7.41. The molecule has 0 unspecified atom stereocenters. The van der Waals surface area contributed by atoms with E-state index in [1.54, 1.807) is 6.07 Å². The van der Waals surface area contributed by atoms with Crippen molar-refractivity contribution >= 4 is 15.9 Å². The van der Waals surface area contributed by atoms with Crippen LogP contribution in [0.15, 0.2) is 58.1 Å². The van der Waals surface area contributed by atoms with Gasteiger partial charge in [0, 0.05) is 11.0 Å². The molecule has 0 fully saturated rings. The molecule has 0 aliphatic rings. The zero-order valence-corrected chi connectivity index (χ0v) is 14.6. The van der Waals surface area contributed by atoms with E-state index in [2.05, 4.69) is 26.3 Å². The summed E-state index contributed by atoms with van der Waals surface area (Å²) in [5, 5.41) is 7.23. The van der Waals surface area contributed by atoms with Crippen molar-refractivity contribution in [3.8, 4) is 5.69 Å². The number of hydrogen-bond donors (Lipinski definition) is 1. The Labute approximate surface area is 146 Å². The second-order valence-electron chi connectivity index (χ2n) is 5.37. The summed E-state index contributed by atoms with van der Waals surface area (Å²) in [5.41, 5.74) is 2.43. The van der Waals surface area contributed by atoms with E-state index in [1.807, 2.05) is 31.3 Å². The average Bonchev–Trinajstić information content (AvgIpc) is 2.92. The fraction of sp³-hybridized carbons (Fsp3) is 0.176. The third-order valence-electron chi connectivity index (χ3n) is 3.66. The molecule has 1 aromatic heterocycles. The van der Waals surface area contributed by atoms with Crippen LogP contribution in [0.4, 0.5) is 4.39 Å². The molecule has 1 N–H and O–H groups in total. The molecule has 24 heavy (non-hydrogen) atoms. The van der Waals surface area contributed by atoms with E-state index < -0.39 is 0 Å². The summed E-state index contributed by atoms with van der Waals surface area (Å²) in [4.78, 5) is 12.5. The van der Waals surface area contributed by atoms with E-state index in [0.717, 1.165) is 23.4 Å². The van der Waals surface area contributed by atoms with Crippen LogP contribution in [0.3, 0.4) is 0 Å². The molecule has 0 saturated carbocycles. The highest BCUT2D eigenvalue weighted by Gasteiger charge is 2.09.